The predicted octanol–water partition coefficient (Wildman–Crippen LogP) is 4.73. The van der Waals surface area contributed by atoms with Crippen molar-refractivity contribution in [1.82, 2.24) is 9.80 Å². The van der Waals surface area contributed by atoms with Crippen molar-refractivity contribution in [3.63, 3.8) is 0 Å². The molecule has 0 spiro atoms. The zero-order chi connectivity index (χ0) is 28.2. The summed E-state index contributed by atoms with van der Waals surface area (Å²) >= 11 is 0. The summed E-state index contributed by atoms with van der Waals surface area (Å²) in [6, 6.07) is 20.4. The lowest BCUT2D eigenvalue weighted by molar-refractivity contribution is 0.0133. The van der Waals surface area contributed by atoms with Crippen LogP contribution < -0.4 is 23.8 Å². The van der Waals surface area contributed by atoms with Gasteiger partial charge < -0.3 is 33.6 Å². The zero-order valence-corrected chi connectivity index (χ0v) is 24.0. The average Bonchev–Trinajstić information content (AvgIpc) is 3.15. The van der Waals surface area contributed by atoms with Crippen molar-refractivity contribution in [3.8, 4) is 23.0 Å². The van der Waals surface area contributed by atoms with E-state index in [0.29, 0.717) is 13.2 Å². The van der Waals surface area contributed by atoms with Gasteiger partial charge in [-0.1, -0.05) is 23.4 Å². The Balaban J connectivity index is 1.40. The molecule has 0 saturated carbocycles. The van der Waals surface area contributed by atoms with E-state index in [-0.39, 0.29) is 6.10 Å². The fraction of sp³-hybridized carbons (Fsp3) is 0.406. The molecule has 0 unspecified atom stereocenters. The van der Waals surface area contributed by atoms with E-state index < -0.39 is 0 Å². The van der Waals surface area contributed by atoms with E-state index in [1.807, 2.05) is 36.4 Å². The maximum Gasteiger partial charge on any atom is 0.179 e. The molecule has 216 valence electrons. The zero-order valence-electron chi connectivity index (χ0n) is 24.0. The van der Waals surface area contributed by atoms with Gasteiger partial charge in [0.05, 0.1) is 40.2 Å². The quantitative estimate of drug-likeness (QED) is 0.393. The number of ether oxygens (including phenoxy) is 4. The molecule has 4 heterocycles. The van der Waals surface area contributed by atoms with Crippen molar-refractivity contribution >= 4 is 11.5 Å². The third-order valence-electron chi connectivity index (χ3n) is 8.06. The normalized spacial score (nSPS) is 20.0. The number of oxime groups is 1. The number of para-hydroxylation sites is 1. The molecule has 0 radical (unpaired) electrons. The van der Waals surface area contributed by atoms with E-state index in [1.165, 1.54) is 5.56 Å². The molecule has 0 amide bonds. The average molecular weight is 559 g/mol. The number of amidine groups is 1. The standard InChI is InChI=1S/C32H38N4O5/c1-37-25-10-7-23(8-11-25)20-35-17-18-40-29-6-4-5-28(31(29)35)32-33-41-26-13-15-34(16-14-26)22-36(32)21-24-9-12-27(38-2)19-30(24)39-3/h4-12,19,26H,13-18,20-22H2,1-3H3. The summed E-state index contributed by atoms with van der Waals surface area (Å²) in [6.07, 6.45) is 2.05. The van der Waals surface area contributed by atoms with Gasteiger partial charge >= 0.3 is 0 Å². The Morgan fingerprint density at radius 2 is 1.61 bits per heavy atom. The van der Waals surface area contributed by atoms with Gasteiger partial charge in [0.2, 0.25) is 0 Å². The largest absolute Gasteiger partial charge is 0.497 e. The number of hydrogen-bond donors (Lipinski definition) is 0. The summed E-state index contributed by atoms with van der Waals surface area (Å²) in [5.41, 5.74) is 4.27. The minimum atomic E-state index is 0.114. The molecule has 41 heavy (non-hydrogen) atoms. The fourth-order valence-corrected chi connectivity index (χ4v) is 5.81. The second-order valence-electron chi connectivity index (χ2n) is 10.6. The predicted molar refractivity (Wildman–Crippen MR) is 158 cm³/mol. The van der Waals surface area contributed by atoms with Crippen LogP contribution in [0.5, 0.6) is 23.0 Å². The maximum absolute atomic E-state index is 6.24. The lowest BCUT2D eigenvalue weighted by Crippen LogP contribution is -2.44. The van der Waals surface area contributed by atoms with Crippen LogP contribution in [0.1, 0.15) is 29.5 Å². The Hall–Kier alpha value is -4.11. The molecule has 3 aromatic carbocycles. The van der Waals surface area contributed by atoms with Crippen molar-refractivity contribution in [2.24, 2.45) is 5.16 Å². The van der Waals surface area contributed by atoms with Gasteiger partial charge in [-0.15, -0.1) is 0 Å². The molecule has 2 bridgehead atoms. The van der Waals surface area contributed by atoms with Crippen LogP contribution in [0, 0.1) is 0 Å². The highest BCUT2D eigenvalue weighted by molar-refractivity contribution is 6.04. The molecule has 7 rings (SSSR count). The Morgan fingerprint density at radius 3 is 2.37 bits per heavy atom. The highest BCUT2D eigenvalue weighted by atomic mass is 16.6. The topological polar surface area (TPSA) is 68.2 Å². The molecule has 0 N–H and O–H groups in total. The minimum Gasteiger partial charge on any atom is -0.497 e. The van der Waals surface area contributed by atoms with E-state index in [0.717, 1.165) is 91.3 Å². The van der Waals surface area contributed by atoms with Gasteiger partial charge in [0.25, 0.3) is 0 Å². The molecular formula is C32H38N4O5. The highest BCUT2D eigenvalue weighted by Gasteiger charge is 2.31. The summed E-state index contributed by atoms with van der Waals surface area (Å²) in [7, 11) is 5.05. The summed E-state index contributed by atoms with van der Waals surface area (Å²) in [5, 5.41) is 4.88. The minimum absolute atomic E-state index is 0.114. The molecule has 9 nitrogen and oxygen atoms in total. The molecule has 3 aromatic rings. The summed E-state index contributed by atoms with van der Waals surface area (Å²) in [4.78, 5) is 13.4. The van der Waals surface area contributed by atoms with Crippen LogP contribution in [0.25, 0.3) is 0 Å². The van der Waals surface area contributed by atoms with E-state index in [9.17, 15) is 0 Å². The molecule has 1 saturated heterocycles. The Kier molecular flexibility index (Phi) is 8.04. The molecule has 0 aromatic heterocycles. The third kappa shape index (κ3) is 5.86. The van der Waals surface area contributed by atoms with Gasteiger partial charge in [-0.2, -0.15) is 0 Å². The van der Waals surface area contributed by atoms with Gasteiger partial charge in [-0.25, -0.2) is 0 Å². The third-order valence-corrected chi connectivity index (χ3v) is 8.06. The second kappa shape index (κ2) is 12.2. The Bertz CT molecular complexity index is 1370. The number of piperidine rings is 1. The van der Waals surface area contributed by atoms with E-state index in [2.05, 4.69) is 39.0 Å². The molecular weight excluding hydrogens is 520 g/mol. The summed E-state index contributed by atoms with van der Waals surface area (Å²) in [6.45, 7) is 5.41. The van der Waals surface area contributed by atoms with E-state index >= 15 is 0 Å². The SMILES string of the molecule is COc1ccc(CN2CCOc3cccc(C4=NOC5CCN(CC5)CN4Cc4ccc(OC)cc4OC)c32)cc1. The van der Waals surface area contributed by atoms with E-state index in [1.54, 1.807) is 21.3 Å². The molecule has 0 aliphatic carbocycles. The lowest BCUT2D eigenvalue weighted by atomic mass is 10.1. The molecule has 1 fully saturated rings. The lowest BCUT2D eigenvalue weighted by Gasteiger charge is -2.36. The first-order valence-corrected chi connectivity index (χ1v) is 14.2. The van der Waals surface area contributed by atoms with Crippen LogP contribution in [0.3, 0.4) is 0 Å². The smallest absolute Gasteiger partial charge is 0.179 e. The number of hydrogen-bond acceptors (Lipinski definition) is 9. The summed E-state index contributed by atoms with van der Waals surface area (Å²) in [5.74, 6) is 4.04. The van der Waals surface area contributed by atoms with Gasteiger partial charge in [-0.3, -0.25) is 4.90 Å². The van der Waals surface area contributed by atoms with Crippen LogP contribution in [-0.2, 0) is 17.9 Å². The molecule has 0 atom stereocenters. The van der Waals surface area contributed by atoms with Crippen LogP contribution in [0.4, 0.5) is 5.69 Å². The van der Waals surface area contributed by atoms with Gasteiger partial charge in [0.1, 0.15) is 35.7 Å². The van der Waals surface area contributed by atoms with Crippen LogP contribution in [0.15, 0.2) is 65.8 Å². The van der Waals surface area contributed by atoms with Crippen molar-refractivity contribution in [2.45, 2.75) is 32.0 Å². The van der Waals surface area contributed by atoms with Crippen molar-refractivity contribution in [2.75, 3.05) is 59.1 Å². The first-order chi connectivity index (χ1) is 20.1. The first-order valence-electron chi connectivity index (χ1n) is 14.2. The number of methoxy groups -OCH3 is 3. The maximum atomic E-state index is 6.24. The molecule has 4 aliphatic rings. The fourth-order valence-electron chi connectivity index (χ4n) is 5.81. The van der Waals surface area contributed by atoms with Gasteiger partial charge in [0, 0.05) is 43.4 Å². The van der Waals surface area contributed by atoms with Crippen molar-refractivity contribution < 1.29 is 23.8 Å². The number of rotatable bonds is 8. The van der Waals surface area contributed by atoms with Crippen LogP contribution in [0.2, 0.25) is 0 Å². The second-order valence-corrected chi connectivity index (χ2v) is 10.6. The molecule has 9 heteroatoms. The van der Waals surface area contributed by atoms with Crippen molar-refractivity contribution in [1.29, 1.82) is 0 Å². The number of benzene rings is 3. The van der Waals surface area contributed by atoms with Crippen molar-refractivity contribution in [3.05, 3.63) is 77.4 Å². The number of fused-ring (bicyclic) bond motifs is 6. The van der Waals surface area contributed by atoms with Gasteiger partial charge in [0.15, 0.2) is 5.84 Å². The molecule has 4 aliphatic heterocycles. The number of anilines is 1. The van der Waals surface area contributed by atoms with Crippen LogP contribution in [-0.4, -0.2) is 76.0 Å². The number of nitrogens with zero attached hydrogens (tertiary/aromatic N) is 4. The summed E-state index contributed by atoms with van der Waals surface area (Å²) < 4.78 is 22.8. The first kappa shape index (κ1) is 27.1. The highest BCUT2D eigenvalue weighted by Crippen LogP contribution is 2.38. The monoisotopic (exact) mass is 558 g/mol. The Morgan fingerprint density at radius 1 is 0.829 bits per heavy atom. The Labute approximate surface area is 241 Å². The van der Waals surface area contributed by atoms with Crippen LogP contribution >= 0.6 is 0 Å². The van der Waals surface area contributed by atoms with E-state index in [4.69, 9.17) is 28.9 Å². The van der Waals surface area contributed by atoms with Gasteiger partial charge in [-0.05, 0) is 54.8 Å².